The highest BCUT2D eigenvalue weighted by atomic mass is 32.2. The number of aromatic nitrogens is 1. The Balaban J connectivity index is 1.54. The molecular weight excluding hydrogens is 374 g/mol. The van der Waals surface area contributed by atoms with Crippen molar-refractivity contribution >= 4 is 22.0 Å². The Morgan fingerprint density at radius 2 is 1.79 bits per heavy atom. The van der Waals surface area contributed by atoms with Gasteiger partial charge >= 0.3 is 0 Å². The van der Waals surface area contributed by atoms with E-state index in [1.165, 1.54) is 9.71 Å². The monoisotopic (exact) mass is 399 g/mol. The molecule has 0 aliphatic carbocycles. The zero-order chi connectivity index (χ0) is 20.0. The summed E-state index contributed by atoms with van der Waals surface area (Å²) >= 11 is 0. The molecule has 1 saturated heterocycles. The lowest BCUT2D eigenvalue weighted by Crippen LogP contribution is -2.42. The van der Waals surface area contributed by atoms with Crippen molar-refractivity contribution in [3.05, 3.63) is 71.4 Å². The van der Waals surface area contributed by atoms with Gasteiger partial charge < -0.3 is 4.90 Å². The molecule has 6 nitrogen and oxygen atoms in total. The SMILES string of the molecule is CN(Cc1ccncc1)C(=O)C1CCN(S(=O)(=O)/C=C/c2ccccc2)CC1. The van der Waals surface area contributed by atoms with Gasteiger partial charge in [-0.1, -0.05) is 30.3 Å². The van der Waals surface area contributed by atoms with Gasteiger partial charge in [0, 0.05) is 50.4 Å². The fraction of sp³-hybridized carbons (Fsp3) is 0.333. The minimum absolute atomic E-state index is 0.0636. The van der Waals surface area contributed by atoms with E-state index >= 15 is 0 Å². The zero-order valence-electron chi connectivity index (χ0n) is 15.9. The second-order valence-electron chi connectivity index (χ2n) is 6.98. The van der Waals surface area contributed by atoms with E-state index in [4.69, 9.17) is 0 Å². The first-order valence-electron chi connectivity index (χ1n) is 9.33. The van der Waals surface area contributed by atoms with Gasteiger partial charge in [0.2, 0.25) is 15.9 Å². The summed E-state index contributed by atoms with van der Waals surface area (Å²) in [6, 6.07) is 13.1. The number of sulfonamides is 1. The van der Waals surface area contributed by atoms with Crippen LogP contribution in [-0.2, 0) is 21.4 Å². The van der Waals surface area contributed by atoms with Crippen LogP contribution in [0, 0.1) is 5.92 Å². The van der Waals surface area contributed by atoms with Crippen LogP contribution < -0.4 is 0 Å². The molecule has 0 radical (unpaired) electrons. The molecule has 1 aromatic carbocycles. The molecule has 0 atom stereocenters. The van der Waals surface area contributed by atoms with E-state index in [-0.39, 0.29) is 11.8 Å². The van der Waals surface area contributed by atoms with Crippen LogP contribution in [-0.4, -0.2) is 48.7 Å². The highest BCUT2D eigenvalue weighted by molar-refractivity contribution is 7.92. The third kappa shape index (κ3) is 5.27. The summed E-state index contributed by atoms with van der Waals surface area (Å²) in [6.45, 7) is 1.25. The molecule has 2 aromatic rings. The summed E-state index contributed by atoms with van der Waals surface area (Å²) in [4.78, 5) is 18.4. The van der Waals surface area contributed by atoms with Gasteiger partial charge in [-0.3, -0.25) is 9.78 Å². The molecule has 0 bridgehead atoms. The van der Waals surface area contributed by atoms with Crippen LogP contribution in [0.3, 0.4) is 0 Å². The molecule has 0 saturated carbocycles. The number of amides is 1. The van der Waals surface area contributed by atoms with Crippen LogP contribution in [0.4, 0.5) is 0 Å². The second kappa shape index (κ2) is 9.12. The lowest BCUT2D eigenvalue weighted by molar-refractivity contribution is -0.135. The van der Waals surface area contributed by atoms with Gasteiger partial charge in [-0.05, 0) is 42.2 Å². The Labute approximate surface area is 166 Å². The summed E-state index contributed by atoms with van der Waals surface area (Å²) in [7, 11) is -1.69. The highest BCUT2D eigenvalue weighted by Gasteiger charge is 2.31. The van der Waals surface area contributed by atoms with Gasteiger partial charge in [0.05, 0.1) is 0 Å². The lowest BCUT2D eigenvalue weighted by Gasteiger charge is -2.32. The van der Waals surface area contributed by atoms with Crippen LogP contribution in [0.5, 0.6) is 0 Å². The normalized spacial score (nSPS) is 16.3. The average Bonchev–Trinajstić information content (AvgIpc) is 2.73. The van der Waals surface area contributed by atoms with Gasteiger partial charge in [0.15, 0.2) is 0 Å². The maximum Gasteiger partial charge on any atom is 0.236 e. The Morgan fingerprint density at radius 3 is 2.43 bits per heavy atom. The van der Waals surface area contributed by atoms with Crippen LogP contribution in [0.25, 0.3) is 6.08 Å². The van der Waals surface area contributed by atoms with Crippen molar-refractivity contribution in [2.24, 2.45) is 5.92 Å². The fourth-order valence-electron chi connectivity index (χ4n) is 3.32. The Hall–Kier alpha value is -2.51. The predicted octanol–water partition coefficient (Wildman–Crippen LogP) is 2.75. The molecule has 28 heavy (non-hydrogen) atoms. The van der Waals surface area contributed by atoms with E-state index in [2.05, 4.69) is 4.98 Å². The van der Waals surface area contributed by atoms with Crippen molar-refractivity contribution in [2.75, 3.05) is 20.1 Å². The maximum atomic E-state index is 12.7. The van der Waals surface area contributed by atoms with Crippen molar-refractivity contribution < 1.29 is 13.2 Å². The Bertz CT molecular complexity index is 906. The summed E-state index contributed by atoms with van der Waals surface area (Å²) < 4.78 is 26.6. The molecule has 3 rings (SSSR count). The van der Waals surface area contributed by atoms with E-state index in [9.17, 15) is 13.2 Å². The Kier molecular flexibility index (Phi) is 6.59. The van der Waals surface area contributed by atoms with E-state index in [1.54, 1.807) is 30.4 Å². The molecular formula is C21H25N3O3S. The molecule has 1 aliphatic rings. The number of carbonyl (C=O) groups excluding carboxylic acids is 1. The first-order valence-corrected chi connectivity index (χ1v) is 10.8. The molecule has 0 N–H and O–H groups in total. The number of carbonyl (C=O) groups is 1. The number of hydrogen-bond acceptors (Lipinski definition) is 4. The maximum absolute atomic E-state index is 12.7. The third-order valence-electron chi connectivity index (χ3n) is 4.94. The smallest absolute Gasteiger partial charge is 0.236 e. The molecule has 0 spiro atoms. The lowest BCUT2D eigenvalue weighted by atomic mass is 9.96. The summed E-state index contributed by atoms with van der Waals surface area (Å²) in [6.07, 6.45) is 6.10. The third-order valence-corrected chi connectivity index (χ3v) is 6.51. The van der Waals surface area contributed by atoms with Crippen molar-refractivity contribution in [1.82, 2.24) is 14.2 Å². The number of piperidine rings is 1. The number of hydrogen-bond donors (Lipinski definition) is 0. The van der Waals surface area contributed by atoms with Crippen LogP contribution >= 0.6 is 0 Å². The number of nitrogens with zero attached hydrogens (tertiary/aromatic N) is 3. The molecule has 7 heteroatoms. The first kappa shape index (κ1) is 20.2. The Morgan fingerprint density at radius 1 is 1.14 bits per heavy atom. The van der Waals surface area contributed by atoms with Crippen LogP contribution in [0.15, 0.2) is 60.3 Å². The topological polar surface area (TPSA) is 70.6 Å². The molecule has 1 amide bonds. The molecule has 1 fully saturated rings. The predicted molar refractivity (Wildman–Crippen MR) is 109 cm³/mol. The first-order chi connectivity index (χ1) is 13.5. The molecule has 1 aromatic heterocycles. The number of benzene rings is 1. The minimum Gasteiger partial charge on any atom is -0.341 e. The van der Waals surface area contributed by atoms with E-state index in [0.29, 0.717) is 32.5 Å². The van der Waals surface area contributed by atoms with Crippen LogP contribution in [0.1, 0.15) is 24.0 Å². The van der Waals surface area contributed by atoms with Gasteiger partial charge in [0.1, 0.15) is 0 Å². The highest BCUT2D eigenvalue weighted by Crippen LogP contribution is 2.23. The van der Waals surface area contributed by atoms with E-state index < -0.39 is 10.0 Å². The summed E-state index contributed by atoms with van der Waals surface area (Å²) in [5.41, 5.74) is 1.87. The molecule has 1 aliphatic heterocycles. The van der Waals surface area contributed by atoms with E-state index in [1.807, 2.05) is 42.5 Å². The van der Waals surface area contributed by atoms with Crippen molar-refractivity contribution in [1.29, 1.82) is 0 Å². The number of rotatable bonds is 6. The minimum atomic E-state index is -3.48. The number of pyridine rings is 1. The summed E-state index contributed by atoms with van der Waals surface area (Å²) in [5.74, 6) is -0.0786. The van der Waals surface area contributed by atoms with E-state index in [0.717, 1.165) is 11.1 Å². The van der Waals surface area contributed by atoms with Gasteiger partial charge in [-0.25, -0.2) is 8.42 Å². The van der Waals surface area contributed by atoms with Crippen molar-refractivity contribution in [2.45, 2.75) is 19.4 Å². The van der Waals surface area contributed by atoms with Gasteiger partial charge in [0.25, 0.3) is 0 Å². The van der Waals surface area contributed by atoms with Gasteiger partial charge in [-0.2, -0.15) is 4.31 Å². The van der Waals surface area contributed by atoms with Crippen LogP contribution in [0.2, 0.25) is 0 Å². The zero-order valence-corrected chi connectivity index (χ0v) is 16.8. The van der Waals surface area contributed by atoms with Crippen molar-refractivity contribution in [3.8, 4) is 0 Å². The molecule has 148 valence electrons. The fourth-order valence-corrected chi connectivity index (χ4v) is 4.54. The molecule has 2 heterocycles. The van der Waals surface area contributed by atoms with Gasteiger partial charge in [-0.15, -0.1) is 0 Å². The second-order valence-corrected chi connectivity index (χ2v) is 8.80. The molecule has 0 unspecified atom stereocenters. The average molecular weight is 400 g/mol. The quantitative estimate of drug-likeness (QED) is 0.749. The standard InChI is InChI=1S/C21H25N3O3S/c1-23(17-19-7-12-22-13-8-19)21(25)20-9-14-24(15-10-20)28(26,27)16-11-18-5-3-2-4-6-18/h2-8,11-13,16,20H,9-10,14-15,17H2,1H3/b16-11+. The summed E-state index contributed by atoms with van der Waals surface area (Å²) in [5, 5.41) is 1.25. The largest absolute Gasteiger partial charge is 0.341 e. The van der Waals surface area contributed by atoms with Crippen molar-refractivity contribution in [3.63, 3.8) is 0 Å².